The number of H-pyrrole nitrogens is 1. The van der Waals surface area contributed by atoms with E-state index >= 15 is 0 Å². The highest BCUT2D eigenvalue weighted by atomic mass is 16.5. The van der Waals surface area contributed by atoms with Crippen LogP contribution in [0.25, 0.3) is 10.9 Å². The minimum atomic E-state index is -0.957. The van der Waals surface area contributed by atoms with E-state index in [1.165, 1.54) is 6.07 Å². The molecule has 1 N–H and O–H groups in total. The molecule has 2 heterocycles. The summed E-state index contributed by atoms with van der Waals surface area (Å²) in [4.78, 5) is 41.6. The summed E-state index contributed by atoms with van der Waals surface area (Å²) in [5, 5.41) is 0.577. The first kappa shape index (κ1) is 17.0. The van der Waals surface area contributed by atoms with Crippen molar-refractivity contribution in [3.05, 3.63) is 76.1 Å². The molecule has 1 amide bonds. The smallest absolute Gasteiger partial charge is 0.339 e. The van der Waals surface area contributed by atoms with Crippen LogP contribution in [0.5, 0.6) is 0 Å². The molecule has 6 heteroatoms. The van der Waals surface area contributed by atoms with Crippen LogP contribution < -0.4 is 10.5 Å². The zero-order chi connectivity index (χ0) is 19.0. The fraction of sp³-hybridized carbons (Fsp3) is 0.190. The molecular formula is C21H18N2O4. The van der Waals surface area contributed by atoms with Gasteiger partial charge in [-0.15, -0.1) is 0 Å². The molecule has 0 spiro atoms. The number of ether oxygens (including phenoxy) is 1. The maximum atomic E-state index is 12.8. The Kier molecular flexibility index (Phi) is 4.24. The number of esters is 1. The fourth-order valence-electron chi connectivity index (χ4n) is 3.43. The molecule has 1 aromatic heterocycles. The maximum Gasteiger partial charge on any atom is 0.339 e. The van der Waals surface area contributed by atoms with Crippen LogP contribution >= 0.6 is 0 Å². The largest absolute Gasteiger partial charge is 0.449 e. The summed E-state index contributed by atoms with van der Waals surface area (Å²) in [6, 6.07) is 15.9. The van der Waals surface area contributed by atoms with Crippen LogP contribution in [0.3, 0.4) is 0 Å². The van der Waals surface area contributed by atoms with Crippen LogP contribution in [-0.2, 0) is 16.0 Å². The van der Waals surface area contributed by atoms with Crippen molar-refractivity contribution in [2.75, 3.05) is 11.4 Å². The molecule has 0 fully saturated rings. The van der Waals surface area contributed by atoms with Gasteiger partial charge in [0.05, 0.1) is 5.56 Å². The Balaban J connectivity index is 1.57. The van der Waals surface area contributed by atoms with Crippen molar-refractivity contribution in [3.8, 4) is 0 Å². The Morgan fingerprint density at radius 2 is 1.85 bits per heavy atom. The van der Waals surface area contributed by atoms with Gasteiger partial charge in [0.1, 0.15) is 0 Å². The van der Waals surface area contributed by atoms with Gasteiger partial charge in [0, 0.05) is 29.2 Å². The molecule has 0 saturated heterocycles. The predicted octanol–water partition coefficient (Wildman–Crippen LogP) is 2.66. The fourth-order valence-corrected chi connectivity index (χ4v) is 3.43. The van der Waals surface area contributed by atoms with Gasteiger partial charge in [-0.1, -0.05) is 36.4 Å². The second kappa shape index (κ2) is 6.72. The van der Waals surface area contributed by atoms with Gasteiger partial charge in [-0.05, 0) is 31.0 Å². The van der Waals surface area contributed by atoms with Crippen LogP contribution in [0.2, 0.25) is 0 Å². The van der Waals surface area contributed by atoms with Gasteiger partial charge in [0.25, 0.3) is 5.91 Å². The number of amides is 1. The molecule has 3 aromatic rings. The number of nitrogens with zero attached hydrogens (tertiary/aromatic N) is 1. The standard InChI is InChI=1S/C21H18N2O4/c1-13(20(25)23-11-10-14-6-2-5-9-18(14)23)27-21(26)16-12-19(24)22-17-8-4-3-7-15(16)17/h2-9,12-13H,10-11H2,1H3,(H,22,24)/t13-/m0/s1. The minimum Gasteiger partial charge on any atom is -0.449 e. The van der Waals surface area contributed by atoms with Gasteiger partial charge >= 0.3 is 5.97 Å². The summed E-state index contributed by atoms with van der Waals surface area (Å²) in [5.41, 5.74) is 2.25. The topological polar surface area (TPSA) is 79.5 Å². The van der Waals surface area contributed by atoms with Crippen LogP contribution in [0, 0.1) is 0 Å². The van der Waals surface area contributed by atoms with Gasteiger partial charge in [-0.3, -0.25) is 9.59 Å². The molecule has 0 saturated carbocycles. The number of aromatic amines is 1. The van der Waals surface area contributed by atoms with Crippen LogP contribution in [-0.4, -0.2) is 29.5 Å². The molecule has 6 nitrogen and oxygen atoms in total. The molecule has 0 bridgehead atoms. The van der Waals surface area contributed by atoms with Crippen LogP contribution in [0.1, 0.15) is 22.8 Å². The second-order valence-electron chi connectivity index (χ2n) is 6.51. The van der Waals surface area contributed by atoms with E-state index in [9.17, 15) is 14.4 Å². The second-order valence-corrected chi connectivity index (χ2v) is 6.51. The van der Waals surface area contributed by atoms with Gasteiger partial charge in [-0.2, -0.15) is 0 Å². The first-order valence-electron chi connectivity index (χ1n) is 8.77. The number of fused-ring (bicyclic) bond motifs is 2. The maximum absolute atomic E-state index is 12.8. The zero-order valence-corrected chi connectivity index (χ0v) is 14.8. The number of rotatable bonds is 3. The van der Waals surface area contributed by atoms with Gasteiger partial charge in [0.2, 0.25) is 5.56 Å². The highest BCUT2D eigenvalue weighted by molar-refractivity contribution is 6.05. The van der Waals surface area contributed by atoms with Crippen molar-refractivity contribution < 1.29 is 14.3 Å². The van der Waals surface area contributed by atoms with Gasteiger partial charge in [-0.25, -0.2) is 4.79 Å². The number of carbonyl (C=O) groups excluding carboxylic acids is 2. The molecule has 0 radical (unpaired) electrons. The van der Waals surface area contributed by atoms with Crippen LogP contribution in [0.15, 0.2) is 59.4 Å². The first-order valence-corrected chi connectivity index (χ1v) is 8.77. The quantitative estimate of drug-likeness (QED) is 0.727. The van der Waals surface area contributed by atoms with E-state index in [-0.39, 0.29) is 11.5 Å². The van der Waals surface area contributed by atoms with Crippen molar-refractivity contribution >= 4 is 28.5 Å². The van der Waals surface area contributed by atoms with Crippen molar-refractivity contribution in [3.63, 3.8) is 0 Å². The molecule has 4 rings (SSSR count). The number of para-hydroxylation sites is 2. The number of nitrogens with one attached hydrogen (secondary N) is 1. The number of hydrogen-bond donors (Lipinski definition) is 1. The first-order chi connectivity index (χ1) is 13.0. The predicted molar refractivity (Wildman–Crippen MR) is 102 cm³/mol. The van der Waals surface area contributed by atoms with Gasteiger partial charge < -0.3 is 14.6 Å². The number of benzene rings is 2. The van der Waals surface area contributed by atoms with Crippen molar-refractivity contribution in [1.29, 1.82) is 0 Å². The normalized spacial score (nSPS) is 14.0. The van der Waals surface area contributed by atoms with Crippen molar-refractivity contribution in [2.45, 2.75) is 19.4 Å². The molecular weight excluding hydrogens is 344 g/mol. The highest BCUT2D eigenvalue weighted by Crippen LogP contribution is 2.28. The van der Waals surface area contributed by atoms with E-state index in [1.807, 2.05) is 24.3 Å². The van der Waals surface area contributed by atoms with Crippen molar-refractivity contribution in [2.24, 2.45) is 0 Å². The minimum absolute atomic E-state index is 0.149. The Morgan fingerprint density at radius 1 is 1.11 bits per heavy atom. The third kappa shape index (κ3) is 3.10. The Morgan fingerprint density at radius 3 is 2.70 bits per heavy atom. The molecule has 2 aromatic carbocycles. The third-order valence-electron chi connectivity index (χ3n) is 4.76. The van der Waals surface area contributed by atoms with E-state index in [4.69, 9.17) is 4.74 Å². The van der Waals surface area contributed by atoms with E-state index in [2.05, 4.69) is 4.98 Å². The summed E-state index contributed by atoms with van der Waals surface area (Å²) in [6.07, 6.45) is -0.178. The molecule has 1 aliphatic heterocycles. The lowest BCUT2D eigenvalue weighted by Gasteiger charge is -2.21. The molecule has 1 atom stereocenters. The molecule has 27 heavy (non-hydrogen) atoms. The lowest BCUT2D eigenvalue weighted by atomic mass is 10.1. The lowest BCUT2D eigenvalue weighted by Crippen LogP contribution is -2.39. The Labute approximate surface area is 155 Å². The average Bonchev–Trinajstić information content (AvgIpc) is 3.10. The van der Waals surface area contributed by atoms with Crippen LogP contribution in [0.4, 0.5) is 5.69 Å². The summed E-state index contributed by atoms with van der Waals surface area (Å²) >= 11 is 0. The Bertz CT molecular complexity index is 1100. The number of aromatic nitrogens is 1. The highest BCUT2D eigenvalue weighted by Gasteiger charge is 2.30. The SMILES string of the molecule is C[C@H](OC(=O)c1cc(=O)[nH]c2ccccc12)C(=O)N1CCc2ccccc21. The number of carbonyl (C=O) groups is 2. The molecule has 1 aliphatic rings. The van der Waals surface area contributed by atoms with E-state index in [0.717, 1.165) is 17.7 Å². The molecule has 0 aliphatic carbocycles. The molecule has 0 unspecified atom stereocenters. The lowest BCUT2D eigenvalue weighted by molar-refractivity contribution is -0.126. The van der Waals surface area contributed by atoms with E-state index in [1.54, 1.807) is 36.1 Å². The number of pyridine rings is 1. The number of hydrogen-bond acceptors (Lipinski definition) is 4. The Hall–Kier alpha value is -3.41. The average molecular weight is 362 g/mol. The van der Waals surface area contributed by atoms with E-state index < -0.39 is 17.6 Å². The molecule has 136 valence electrons. The summed E-state index contributed by atoms with van der Waals surface area (Å²) in [5.74, 6) is -0.965. The number of anilines is 1. The summed E-state index contributed by atoms with van der Waals surface area (Å²) in [6.45, 7) is 2.12. The van der Waals surface area contributed by atoms with Crippen molar-refractivity contribution in [1.82, 2.24) is 4.98 Å². The summed E-state index contributed by atoms with van der Waals surface area (Å²) < 4.78 is 5.41. The summed E-state index contributed by atoms with van der Waals surface area (Å²) in [7, 11) is 0. The van der Waals surface area contributed by atoms with Gasteiger partial charge in [0.15, 0.2) is 6.10 Å². The monoisotopic (exact) mass is 362 g/mol. The third-order valence-corrected chi connectivity index (χ3v) is 4.76. The van der Waals surface area contributed by atoms with E-state index in [0.29, 0.717) is 17.4 Å². The zero-order valence-electron chi connectivity index (χ0n) is 14.8.